The summed E-state index contributed by atoms with van der Waals surface area (Å²) in [4.78, 5) is 11.6. The second-order valence-electron chi connectivity index (χ2n) is 5.16. The Kier molecular flexibility index (Phi) is 2.33. The standard InChI is InChI=1S/C12H17NO2/c1-12(2,3)10-7-6-9(15-10)11(14)13-8-4-5-8/h6-8H,4-5H2,1-3H3,(H,13,14). The predicted molar refractivity (Wildman–Crippen MR) is 57.9 cm³/mol. The van der Waals surface area contributed by atoms with E-state index < -0.39 is 0 Å². The highest BCUT2D eigenvalue weighted by atomic mass is 16.4. The molecule has 2 rings (SSSR count). The minimum Gasteiger partial charge on any atom is -0.455 e. The number of furan rings is 1. The highest BCUT2D eigenvalue weighted by molar-refractivity contribution is 5.91. The zero-order valence-electron chi connectivity index (χ0n) is 9.46. The average molecular weight is 207 g/mol. The molecule has 1 fully saturated rings. The van der Waals surface area contributed by atoms with Crippen LogP contribution >= 0.6 is 0 Å². The van der Waals surface area contributed by atoms with E-state index in [1.54, 1.807) is 6.07 Å². The van der Waals surface area contributed by atoms with Crippen LogP contribution in [0.5, 0.6) is 0 Å². The summed E-state index contributed by atoms with van der Waals surface area (Å²) >= 11 is 0. The van der Waals surface area contributed by atoms with Crippen molar-refractivity contribution in [2.45, 2.75) is 45.1 Å². The number of rotatable bonds is 2. The third-order valence-electron chi connectivity index (χ3n) is 2.48. The molecule has 15 heavy (non-hydrogen) atoms. The van der Waals surface area contributed by atoms with E-state index >= 15 is 0 Å². The minimum atomic E-state index is -0.0898. The molecule has 82 valence electrons. The number of hydrogen-bond acceptors (Lipinski definition) is 2. The van der Waals surface area contributed by atoms with Crippen molar-refractivity contribution in [3.05, 3.63) is 23.7 Å². The van der Waals surface area contributed by atoms with Gasteiger partial charge in [0.2, 0.25) is 0 Å². The zero-order valence-corrected chi connectivity index (χ0v) is 9.46. The van der Waals surface area contributed by atoms with Crippen molar-refractivity contribution in [3.63, 3.8) is 0 Å². The van der Waals surface area contributed by atoms with Crippen molar-refractivity contribution in [1.29, 1.82) is 0 Å². The van der Waals surface area contributed by atoms with Crippen LogP contribution in [-0.2, 0) is 5.41 Å². The summed E-state index contributed by atoms with van der Waals surface area (Å²) in [6, 6.07) is 4.00. The molecule has 1 aliphatic rings. The Morgan fingerprint density at radius 3 is 2.53 bits per heavy atom. The molecule has 1 aliphatic carbocycles. The fraction of sp³-hybridized carbons (Fsp3) is 0.583. The molecule has 0 spiro atoms. The number of carbonyl (C=O) groups is 1. The molecule has 0 aromatic carbocycles. The normalized spacial score (nSPS) is 16.5. The zero-order chi connectivity index (χ0) is 11.1. The smallest absolute Gasteiger partial charge is 0.287 e. The second-order valence-corrected chi connectivity index (χ2v) is 5.16. The van der Waals surface area contributed by atoms with E-state index in [-0.39, 0.29) is 11.3 Å². The molecule has 3 nitrogen and oxygen atoms in total. The molecule has 1 amide bonds. The van der Waals surface area contributed by atoms with E-state index in [9.17, 15) is 4.79 Å². The Balaban J connectivity index is 2.08. The number of nitrogens with one attached hydrogen (secondary N) is 1. The molecule has 1 N–H and O–H groups in total. The van der Waals surface area contributed by atoms with Crippen molar-refractivity contribution >= 4 is 5.91 Å². The van der Waals surface area contributed by atoms with Crippen LogP contribution in [0.4, 0.5) is 0 Å². The summed E-state index contributed by atoms with van der Waals surface area (Å²) in [6.45, 7) is 6.19. The van der Waals surface area contributed by atoms with Crippen LogP contribution in [-0.4, -0.2) is 11.9 Å². The first-order valence-corrected chi connectivity index (χ1v) is 5.38. The molecular formula is C12H17NO2. The van der Waals surface area contributed by atoms with Crippen LogP contribution in [0.15, 0.2) is 16.5 Å². The summed E-state index contributed by atoms with van der Waals surface area (Å²) in [6.07, 6.45) is 2.19. The molecule has 0 bridgehead atoms. The van der Waals surface area contributed by atoms with Gasteiger partial charge in [0.1, 0.15) is 5.76 Å². The molecular weight excluding hydrogens is 190 g/mol. The van der Waals surface area contributed by atoms with Crippen LogP contribution in [0, 0.1) is 0 Å². The van der Waals surface area contributed by atoms with Crippen LogP contribution in [0.3, 0.4) is 0 Å². The van der Waals surface area contributed by atoms with Gasteiger partial charge in [0.05, 0.1) is 0 Å². The molecule has 1 heterocycles. The summed E-state index contributed by atoms with van der Waals surface area (Å²) in [5.74, 6) is 1.18. The van der Waals surface area contributed by atoms with Gasteiger partial charge in [-0.25, -0.2) is 0 Å². The molecule has 0 saturated heterocycles. The quantitative estimate of drug-likeness (QED) is 0.809. The van der Waals surface area contributed by atoms with E-state index in [1.165, 1.54) is 0 Å². The van der Waals surface area contributed by atoms with Gasteiger partial charge in [-0.3, -0.25) is 4.79 Å². The van der Waals surface area contributed by atoms with Crippen LogP contribution < -0.4 is 5.32 Å². The highest BCUT2D eigenvalue weighted by Gasteiger charge is 2.26. The molecule has 0 aliphatic heterocycles. The topological polar surface area (TPSA) is 42.2 Å². The van der Waals surface area contributed by atoms with Gasteiger partial charge in [-0.15, -0.1) is 0 Å². The maximum Gasteiger partial charge on any atom is 0.287 e. The van der Waals surface area contributed by atoms with Gasteiger partial charge in [0.15, 0.2) is 5.76 Å². The van der Waals surface area contributed by atoms with Crippen molar-refractivity contribution in [2.24, 2.45) is 0 Å². The van der Waals surface area contributed by atoms with Gasteiger partial charge in [-0.05, 0) is 25.0 Å². The monoisotopic (exact) mass is 207 g/mol. The first-order chi connectivity index (χ1) is 6.97. The second kappa shape index (κ2) is 3.40. The predicted octanol–water partition coefficient (Wildman–Crippen LogP) is 2.47. The van der Waals surface area contributed by atoms with E-state index in [4.69, 9.17) is 4.42 Å². The van der Waals surface area contributed by atoms with Crippen LogP contribution in [0.2, 0.25) is 0 Å². The van der Waals surface area contributed by atoms with E-state index in [2.05, 4.69) is 26.1 Å². The van der Waals surface area contributed by atoms with Gasteiger partial charge >= 0.3 is 0 Å². The highest BCUT2D eigenvalue weighted by Crippen LogP contribution is 2.25. The van der Waals surface area contributed by atoms with E-state index in [0.29, 0.717) is 11.8 Å². The lowest BCUT2D eigenvalue weighted by Gasteiger charge is -2.13. The lowest BCUT2D eigenvalue weighted by atomic mass is 9.94. The van der Waals surface area contributed by atoms with Gasteiger partial charge in [-0.1, -0.05) is 20.8 Å². The number of hydrogen-bond donors (Lipinski definition) is 1. The van der Waals surface area contributed by atoms with Crippen molar-refractivity contribution in [2.75, 3.05) is 0 Å². The summed E-state index contributed by atoms with van der Waals surface area (Å²) < 4.78 is 5.53. The molecule has 0 radical (unpaired) electrons. The Morgan fingerprint density at radius 1 is 1.40 bits per heavy atom. The van der Waals surface area contributed by atoms with Gasteiger partial charge < -0.3 is 9.73 Å². The maximum absolute atomic E-state index is 11.6. The summed E-state index contributed by atoms with van der Waals surface area (Å²) in [7, 11) is 0. The molecule has 0 atom stereocenters. The Labute approximate surface area is 89.9 Å². The fourth-order valence-electron chi connectivity index (χ4n) is 1.35. The summed E-state index contributed by atoms with van der Waals surface area (Å²) in [5.41, 5.74) is -0.0435. The van der Waals surface area contributed by atoms with Crippen molar-refractivity contribution in [3.8, 4) is 0 Å². The first kappa shape index (κ1) is 10.3. The summed E-state index contributed by atoms with van der Waals surface area (Å²) in [5, 5.41) is 2.90. The SMILES string of the molecule is CC(C)(C)c1ccc(C(=O)NC2CC2)o1. The third-order valence-corrected chi connectivity index (χ3v) is 2.48. The van der Waals surface area contributed by atoms with Crippen molar-refractivity contribution < 1.29 is 9.21 Å². The van der Waals surface area contributed by atoms with Gasteiger partial charge in [-0.2, -0.15) is 0 Å². The van der Waals surface area contributed by atoms with Gasteiger partial charge in [0, 0.05) is 11.5 Å². The fourth-order valence-corrected chi connectivity index (χ4v) is 1.35. The lowest BCUT2D eigenvalue weighted by Crippen LogP contribution is -2.24. The molecule has 1 aromatic rings. The maximum atomic E-state index is 11.6. The van der Waals surface area contributed by atoms with Crippen molar-refractivity contribution in [1.82, 2.24) is 5.32 Å². The third kappa shape index (κ3) is 2.41. The Bertz CT molecular complexity index is 369. The van der Waals surface area contributed by atoms with Crippen LogP contribution in [0.1, 0.15) is 49.9 Å². The molecule has 1 saturated carbocycles. The van der Waals surface area contributed by atoms with Gasteiger partial charge in [0.25, 0.3) is 5.91 Å². The lowest BCUT2D eigenvalue weighted by molar-refractivity contribution is 0.0920. The number of carbonyl (C=O) groups excluding carboxylic acids is 1. The average Bonchev–Trinajstić information content (AvgIpc) is 2.80. The Hall–Kier alpha value is -1.25. The Morgan fingerprint density at radius 2 is 2.07 bits per heavy atom. The minimum absolute atomic E-state index is 0.0435. The van der Waals surface area contributed by atoms with E-state index in [0.717, 1.165) is 18.6 Å². The van der Waals surface area contributed by atoms with Crippen LogP contribution in [0.25, 0.3) is 0 Å². The first-order valence-electron chi connectivity index (χ1n) is 5.38. The largest absolute Gasteiger partial charge is 0.455 e. The van der Waals surface area contributed by atoms with E-state index in [1.807, 2.05) is 6.07 Å². The molecule has 1 aromatic heterocycles. The number of amides is 1. The molecule has 0 unspecified atom stereocenters. The molecule has 3 heteroatoms.